The molecule has 0 aliphatic carbocycles. The van der Waals surface area contributed by atoms with Gasteiger partial charge in [0.25, 0.3) is 0 Å². The van der Waals surface area contributed by atoms with Crippen LogP contribution in [-0.2, 0) is 13.0 Å². The van der Waals surface area contributed by atoms with Gasteiger partial charge in [0.1, 0.15) is 24.1 Å². The first-order chi connectivity index (χ1) is 9.74. The van der Waals surface area contributed by atoms with Crippen LogP contribution in [0.5, 0.6) is 5.75 Å². The Balaban J connectivity index is 1.95. The van der Waals surface area contributed by atoms with Gasteiger partial charge in [0.05, 0.1) is 11.3 Å². The highest BCUT2D eigenvalue weighted by Crippen LogP contribution is 2.16. The molecule has 0 saturated carbocycles. The molecule has 0 unspecified atom stereocenters. The van der Waals surface area contributed by atoms with Crippen LogP contribution in [-0.4, -0.2) is 21.9 Å². The highest BCUT2D eigenvalue weighted by Gasteiger charge is 2.10. The van der Waals surface area contributed by atoms with Crippen molar-refractivity contribution in [2.75, 3.05) is 6.61 Å². The SMILES string of the molecule is Cc1[nH]nc(COc2ccc(CCCO)cc2)c1C#N. The van der Waals surface area contributed by atoms with Gasteiger partial charge in [-0.05, 0) is 37.5 Å². The molecule has 104 valence electrons. The minimum atomic E-state index is 0.202. The lowest BCUT2D eigenvalue weighted by atomic mass is 10.1. The first kappa shape index (κ1) is 14.1. The Morgan fingerprint density at radius 3 is 2.75 bits per heavy atom. The van der Waals surface area contributed by atoms with Crippen LogP contribution in [0.2, 0.25) is 0 Å². The van der Waals surface area contributed by atoms with Crippen LogP contribution < -0.4 is 4.74 Å². The molecule has 0 spiro atoms. The van der Waals surface area contributed by atoms with Crippen molar-refractivity contribution in [1.82, 2.24) is 10.2 Å². The van der Waals surface area contributed by atoms with E-state index in [-0.39, 0.29) is 13.2 Å². The van der Waals surface area contributed by atoms with Crippen molar-refractivity contribution in [1.29, 1.82) is 5.26 Å². The second kappa shape index (κ2) is 6.73. The number of ether oxygens (including phenoxy) is 1. The second-order valence-electron chi connectivity index (χ2n) is 4.54. The normalized spacial score (nSPS) is 10.2. The third kappa shape index (κ3) is 3.37. The number of hydrogen-bond donors (Lipinski definition) is 2. The summed E-state index contributed by atoms with van der Waals surface area (Å²) in [6.07, 6.45) is 1.62. The minimum absolute atomic E-state index is 0.202. The zero-order valence-electron chi connectivity index (χ0n) is 11.4. The molecule has 2 aromatic rings. The van der Waals surface area contributed by atoms with Gasteiger partial charge in [0, 0.05) is 6.61 Å². The number of aliphatic hydroxyl groups is 1. The van der Waals surface area contributed by atoms with E-state index in [1.165, 1.54) is 5.56 Å². The monoisotopic (exact) mass is 271 g/mol. The van der Waals surface area contributed by atoms with Crippen molar-refractivity contribution < 1.29 is 9.84 Å². The van der Waals surface area contributed by atoms with Crippen LogP contribution in [0.15, 0.2) is 24.3 Å². The quantitative estimate of drug-likeness (QED) is 0.842. The van der Waals surface area contributed by atoms with E-state index in [1.807, 2.05) is 31.2 Å². The van der Waals surface area contributed by atoms with E-state index in [0.29, 0.717) is 11.3 Å². The highest BCUT2D eigenvalue weighted by atomic mass is 16.5. The summed E-state index contributed by atoms with van der Waals surface area (Å²) in [6.45, 7) is 2.28. The largest absolute Gasteiger partial charge is 0.487 e. The molecule has 1 aromatic carbocycles. The predicted octanol–water partition coefficient (Wildman–Crippen LogP) is 2.09. The van der Waals surface area contributed by atoms with Crippen molar-refractivity contribution in [3.05, 3.63) is 46.8 Å². The third-order valence-corrected chi connectivity index (χ3v) is 3.06. The summed E-state index contributed by atoms with van der Waals surface area (Å²) in [6, 6.07) is 9.85. The maximum atomic E-state index is 9.02. The summed E-state index contributed by atoms with van der Waals surface area (Å²) in [4.78, 5) is 0. The Labute approximate surface area is 117 Å². The molecule has 5 nitrogen and oxygen atoms in total. The van der Waals surface area contributed by atoms with Crippen LogP contribution in [0.3, 0.4) is 0 Å². The standard InChI is InChI=1S/C15H17N3O2/c1-11-14(9-16)15(18-17-11)10-20-13-6-4-12(5-7-13)3-2-8-19/h4-7,19H,2-3,8,10H2,1H3,(H,17,18). The number of nitrogens with one attached hydrogen (secondary N) is 1. The molecule has 0 aliphatic heterocycles. The Morgan fingerprint density at radius 1 is 1.35 bits per heavy atom. The van der Waals surface area contributed by atoms with Crippen LogP contribution in [0.25, 0.3) is 0 Å². The number of benzene rings is 1. The molecule has 2 rings (SSSR count). The first-order valence-electron chi connectivity index (χ1n) is 6.51. The minimum Gasteiger partial charge on any atom is -0.487 e. The molecule has 0 bridgehead atoms. The first-order valence-corrected chi connectivity index (χ1v) is 6.51. The van der Waals surface area contributed by atoms with Gasteiger partial charge in [0.15, 0.2) is 0 Å². The fourth-order valence-electron chi connectivity index (χ4n) is 1.92. The van der Waals surface area contributed by atoms with E-state index < -0.39 is 0 Å². The van der Waals surface area contributed by atoms with Gasteiger partial charge in [-0.1, -0.05) is 12.1 Å². The van der Waals surface area contributed by atoms with Crippen molar-refractivity contribution in [2.24, 2.45) is 0 Å². The topological polar surface area (TPSA) is 81.9 Å². The Morgan fingerprint density at radius 2 is 2.10 bits per heavy atom. The third-order valence-electron chi connectivity index (χ3n) is 3.06. The molecule has 0 radical (unpaired) electrons. The zero-order chi connectivity index (χ0) is 14.4. The Hall–Kier alpha value is -2.32. The lowest BCUT2D eigenvalue weighted by molar-refractivity contribution is 0.288. The molecule has 0 saturated heterocycles. The van der Waals surface area contributed by atoms with Crippen LogP contribution in [0, 0.1) is 18.3 Å². The summed E-state index contributed by atoms with van der Waals surface area (Å²) < 4.78 is 5.62. The molecule has 0 aliphatic rings. The predicted molar refractivity (Wildman–Crippen MR) is 74.2 cm³/mol. The van der Waals surface area contributed by atoms with Crippen molar-refractivity contribution in [3.63, 3.8) is 0 Å². The van der Waals surface area contributed by atoms with E-state index in [0.717, 1.165) is 24.3 Å². The van der Waals surface area contributed by atoms with E-state index >= 15 is 0 Å². The molecular formula is C15H17N3O2. The number of hydrogen-bond acceptors (Lipinski definition) is 4. The summed E-state index contributed by atoms with van der Waals surface area (Å²) in [7, 11) is 0. The van der Waals surface area contributed by atoms with Crippen LogP contribution in [0.1, 0.15) is 28.9 Å². The summed E-state index contributed by atoms with van der Waals surface area (Å²) in [5.41, 5.74) is 3.09. The molecule has 0 fully saturated rings. The van der Waals surface area contributed by atoms with E-state index in [4.69, 9.17) is 15.1 Å². The Kier molecular flexibility index (Phi) is 4.75. The molecular weight excluding hydrogens is 254 g/mol. The maximum absolute atomic E-state index is 9.02. The molecule has 20 heavy (non-hydrogen) atoms. The van der Waals surface area contributed by atoms with Gasteiger partial charge < -0.3 is 9.84 Å². The van der Waals surface area contributed by atoms with E-state index in [1.54, 1.807) is 0 Å². The number of rotatable bonds is 6. The van der Waals surface area contributed by atoms with Gasteiger partial charge in [-0.2, -0.15) is 10.4 Å². The molecule has 0 amide bonds. The average Bonchev–Trinajstić information content (AvgIpc) is 2.84. The van der Waals surface area contributed by atoms with Crippen LogP contribution >= 0.6 is 0 Å². The number of nitriles is 1. The van der Waals surface area contributed by atoms with Gasteiger partial charge in [-0.25, -0.2) is 0 Å². The van der Waals surface area contributed by atoms with Gasteiger partial charge in [-0.3, -0.25) is 5.10 Å². The number of aliphatic hydroxyl groups excluding tert-OH is 1. The zero-order valence-corrected chi connectivity index (χ0v) is 11.4. The highest BCUT2D eigenvalue weighted by molar-refractivity contribution is 5.37. The fourth-order valence-corrected chi connectivity index (χ4v) is 1.92. The Bertz CT molecular complexity index is 597. The number of nitrogens with zero attached hydrogens (tertiary/aromatic N) is 2. The van der Waals surface area contributed by atoms with Gasteiger partial charge >= 0.3 is 0 Å². The maximum Gasteiger partial charge on any atom is 0.133 e. The fraction of sp³-hybridized carbons (Fsp3) is 0.333. The summed E-state index contributed by atoms with van der Waals surface area (Å²) in [5, 5.41) is 24.6. The number of aryl methyl sites for hydroxylation is 2. The molecule has 1 heterocycles. The van der Waals surface area contributed by atoms with Crippen molar-refractivity contribution in [3.8, 4) is 11.8 Å². The lowest BCUT2D eigenvalue weighted by Gasteiger charge is -2.06. The van der Waals surface area contributed by atoms with Crippen molar-refractivity contribution in [2.45, 2.75) is 26.4 Å². The number of aromatic nitrogens is 2. The lowest BCUT2D eigenvalue weighted by Crippen LogP contribution is -1.98. The van der Waals surface area contributed by atoms with Gasteiger partial charge in [-0.15, -0.1) is 0 Å². The van der Waals surface area contributed by atoms with E-state index in [2.05, 4.69) is 16.3 Å². The number of H-pyrrole nitrogens is 1. The number of aromatic amines is 1. The molecule has 5 heteroatoms. The summed E-state index contributed by atoms with van der Waals surface area (Å²) >= 11 is 0. The smallest absolute Gasteiger partial charge is 0.133 e. The second-order valence-corrected chi connectivity index (χ2v) is 4.54. The molecule has 1 aromatic heterocycles. The molecule has 2 N–H and O–H groups in total. The summed E-state index contributed by atoms with van der Waals surface area (Å²) in [5.74, 6) is 0.738. The average molecular weight is 271 g/mol. The van der Waals surface area contributed by atoms with Crippen molar-refractivity contribution >= 4 is 0 Å². The molecule has 0 atom stereocenters. The van der Waals surface area contributed by atoms with Crippen LogP contribution in [0.4, 0.5) is 0 Å². The van der Waals surface area contributed by atoms with E-state index in [9.17, 15) is 0 Å². The van der Waals surface area contributed by atoms with Gasteiger partial charge in [0.2, 0.25) is 0 Å².